The third kappa shape index (κ3) is 3.90. The van der Waals surface area contributed by atoms with E-state index in [0.717, 1.165) is 22.3 Å². The number of hydrogen-bond acceptors (Lipinski definition) is 2. The summed E-state index contributed by atoms with van der Waals surface area (Å²) in [6.45, 7) is 2.14. The first-order valence-corrected chi connectivity index (χ1v) is 7.60. The van der Waals surface area contributed by atoms with Gasteiger partial charge < -0.3 is 10.1 Å². The fourth-order valence-corrected chi connectivity index (χ4v) is 2.55. The van der Waals surface area contributed by atoms with Gasteiger partial charge in [0.25, 0.3) is 0 Å². The minimum absolute atomic E-state index is 0.281. The maximum absolute atomic E-state index is 6.10. The third-order valence-electron chi connectivity index (χ3n) is 3.05. The van der Waals surface area contributed by atoms with E-state index in [1.54, 1.807) is 7.11 Å². The van der Waals surface area contributed by atoms with E-state index in [1.807, 2.05) is 36.4 Å². The third-order valence-corrected chi connectivity index (χ3v) is 4.28. The lowest BCUT2D eigenvalue weighted by atomic mass is 10.1. The Morgan fingerprint density at radius 3 is 2.70 bits per heavy atom. The molecule has 0 aliphatic carbocycles. The van der Waals surface area contributed by atoms with E-state index < -0.39 is 0 Å². The SMILES string of the molecule is COc1ccccc1CC(C)Nc1ccc(Br)c(Cl)c1. The summed E-state index contributed by atoms with van der Waals surface area (Å²) in [5.74, 6) is 0.926. The lowest BCUT2D eigenvalue weighted by Crippen LogP contribution is -2.18. The molecule has 0 amide bonds. The van der Waals surface area contributed by atoms with Crippen molar-refractivity contribution in [3.8, 4) is 5.75 Å². The van der Waals surface area contributed by atoms with Crippen LogP contribution in [0.25, 0.3) is 0 Å². The molecule has 0 aromatic heterocycles. The summed E-state index contributed by atoms with van der Waals surface area (Å²) in [7, 11) is 1.70. The minimum atomic E-state index is 0.281. The Hall–Kier alpha value is -1.19. The summed E-state index contributed by atoms with van der Waals surface area (Å²) < 4.78 is 6.28. The maximum atomic E-state index is 6.10. The zero-order chi connectivity index (χ0) is 14.5. The average Bonchev–Trinajstić information content (AvgIpc) is 2.43. The van der Waals surface area contributed by atoms with Gasteiger partial charge in [0, 0.05) is 16.2 Å². The van der Waals surface area contributed by atoms with Crippen LogP contribution in [0.4, 0.5) is 5.69 Å². The van der Waals surface area contributed by atoms with Crippen LogP contribution in [0, 0.1) is 0 Å². The molecule has 0 bridgehead atoms. The highest BCUT2D eigenvalue weighted by atomic mass is 79.9. The van der Waals surface area contributed by atoms with Crippen molar-refractivity contribution in [1.82, 2.24) is 0 Å². The van der Waals surface area contributed by atoms with Crippen molar-refractivity contribution in [2.45, 2.75) is 19.4 Å². The van der Waals surface area contributed by atoms with Gasteiger partial charge in [0.1, 0.15) is 5.75 Å². The Labute approximate surface area is 133 Å². The van der Waals surface area contributed by atoms with E-state index in [1.165, 1.54) is 5.56 Å². The van der Waals surface area contributed by atoms with Crippen molar-refractivity contribution in [1.29, 1.82) is 0 Å². The van der Waals surface area contributed by atoms with Crippen LogP contribution < -0.4 is 10.1 Å². The fourth-order valence-electron chi connectivity index (χ4n) is 2.12. The summed E-state index contributed by atoms with van der Waals surface area (Å²) in [6.07, 6.45) is 0.887. The second kappa shape index (κ2) is 7.00. The molecule has 106 valence electrons. The summed E-state index contributed by atoms with van der Waals surface area (Å²) in [5, 5.41) is 4.16. The predicted octanol–water partition coefficient (Wildman–Crippen LogP) is 5.15. The molecule has 20 heavy (non-hydrogen) atoms. The summed E-state index contributed by atoms with van der Waals surface area (Å²) in [5.41, 5.74) is 2.21. The first kappa shape index (κ1) is 15.2. The van der Waals surface area contributed by atoms with Gasteiger partial charge in [-0.25, -0.2) is 0 Å². The second-order valence-corrected chi connectivity index (χ2v) is 5.95. The predicted molar refractivity (Wildman–Crippen MR) is 88.9 cm³/mol. The van der Waals surface area contributed by atoms with E-state index in [9.17, 15) is 0 Å². The van der Waals surface area contributed by atoms with Crippen LogP contribution in [0.5, 0.6) is 5.75 Å². The number of rotatable bonds is 5. The molecule has 0 radical (unpaired) electrons. The molecule has 0 aliphatic rings. The van der Waals surface area contributed by atoms with Gasteiger partial charge in [-0.15, -0.1) is 0 Å². The zero-order valence-electron chi connectivity index (χ0n) is 11.5. The zero-order valence-corrected chi connectivity index (χ0v) is 13.8. The largest absolute Gasteiger partial charge is 0.496 e. The van der Waals surface area contributed by atoms with Gasteiger partial charge in [-0.3, -0.25) is 0 Å². The quantitative estimate of drug-likeness (QED) is 0.801. The number of hydrogen-bond donors (Lipinski definition) is 1. The Morgan fingerprint density at radius 1 is 1.25 bits per heavy atom. The number of ether oxygens (including phenoxy) is 1. The molecule has 4 heteroatoms. The first-order chi connectivity index (χ1) is 9.60. The van der Waals surface area contributed by atoms with Gasteiger partial charge >= 0.3 is 0 Å². The molecular weight excluding hydrogens is 338 g/mol. The van der Waals surface area contributed by atoms with Crippen LogP contribution in [0.15, 0.2) is 46.9 Å². The highest BCUT2D eigenvalue weighted by Crippen LogP contribution is 2.26. The van der Waals surface area contributed by atoms with Crippen LogP contribution in [0.2, 0.25) is 5.02 Å². The molecule has 0 fully saturated rings. The lowest BCUT2D eigenvalue weighted by molar-refractivity contribution is 0.409. The molecule has 0 spiro atoms. The molecule has 2 aromatic rings. The standard InChI is InChI=1S/C16H17BrClNO/c1-11(9-12-5-3-4-6-16(12)20-2)19-13-7-8-14(17)15(18)10-13/h3-8,10-11,19H,9H2,1-2H3. The van der Waals surface area contributed by atoms with Crippen LogP contribution >= 0.6 is 27.5 Å². The molecule has 0 aliphatic heterocycles. The van der Waals surface area contributed by atoms with Gasteiger partial charge in [0.15, 0.2) is 0 Å². The highest BCUT2D eigenvalue weighted by molar-refractivity contribution is 9.10. The Morgan fingerprint density at radius 2 is 2.00 bits per heavy atom. The number of methoxy groups -OCH3 is 1. The maximum Gasteiger partial charge on any atom is 0.122 e. The van der Waals surface area contributed by atoms with E-state index >= 15 is 0 Å². The molecule has 1 unspecified atom stereocenters. The topological polar surface area (TPSA) is 21.3 Å². The molecule has 0 saturated heterocycles. The Kier molecular flexibility index (Phi) is 5.32. The summed E-state index contributed by atoms with van der Waals surface area (Å²) in [6, 6.07) is 14.2. The van der Waals surface area contributed by atoms with Crippen LogP contribution in [0.1, 0.15) is 12.5 Å². The average molecular weight is 355 g/mol. The normalized spacial score (nSPS) is 12.0. The Balaban J connectivity index is 2.05. The van der Waals surface area contributed by atoms with Gasteiger partial charge in [0.2, 0.25) is 0 Å². The van der Waals surface area contributed by atoms with Gasteiger partial charge in [-0.05, 0) is 59.1 Å². The van der Waals surface area contributed by atoms with E-state index in [4.69, 9.17) is 16.3 Å². The van der Waals surface area contributed by atoms with E-state index in [-0.39, 0.29) is 6.04 Å². The molecule has 2 rings (SSSR count). The molecule has 0 heterocycles. The summed E-state index contributed by atoms with van der Waals surface area (Å²) >= 11 is 9.49. The number of halogens is 2. The van der Waals surface area contributed by atoms with Crippen molar-refractivity contribution >= 4 is 33.2 Å². The summed E-state index contributed by atoms with van der Waals surface area (Å²) in [4.78, 5) is 0. The second-order valence-electron chi connectivity index (χ2n) is 4.69. The molecule has 2 nitrogen and oxygen atoms in total. The van der Waals surface area contributed by atoms with Gasteiger partial charge in [-0.2, -0.15) is 0 Å². The fraction of sp³-hybridized carbons (Fsp3) is 0.250. The number of benzene rings is 2. The number of nitrogens with one attached hydrogen (secondary N) is 1. The van der Waals surface area contributed by atoms with Crippen LogP contribution in [-0.4, -0.2) is 13.2 Å². The van der Waals surface area contributed by atoms with E-state index in [0.29, 0.717) is 5.02 Å². The highest BCUT2D eigenvalue weighted by Gasteiger charge is 2.08. The smallest absolute Gasteiger partial charge is 0.122 e. The van der Waals surface area contributed by atoms with Gasteiger partial charge in [0.05, 0.1) is 12.1 Å². The van der Waals surface area contributed by atoms with Crippen LogP contribution in [0.3, 0.4) is 0 Å². The molecule has 1 atom stereocenters. The number of anilines is 1. The lowest BCUT2D eigenvalue weighted by Gasteiger charge is -2.17. The Bertz CT molecular complexity index is 588. The number of para-hydroxylation sites is 1. The first-order valence-electron chi connectivity index (χ1n) is 6.43. The van der Waals surface area contributed by atoms with Crippen molar-refractivity contribution in [3.63, 3.8) is 0 Å². The van der Waals surface area contributed by atoms with Crippen LogP contribution in [-0.2, 0) is 6.42 Å². The van der Waals surface area contributed by atoms with Crippen molar-refractivity contribution in [3.05, 3.63) is 57.5 Å². The van der Waals surface area contributed by atoms with Crippen molar-refractivity contribution in [2.24, 2.45) is 0 Å². The van der Waals surface area contributed by atoms with Gasteiger partial charge in [-0.1, -0.05) is 29.8 Å². The molecule has 1 N–H and O–H groups in total. The molecular formula is C16H17BrClNO. The van der Waals surface area contributed by atoms with E-state index in [2.05, 4.69) is 34.2 Å². The minimum Gasteiger partial charge on any atom is -0.496 e. The van der Waals surface area contributed by atoms with Crippen molar-refractivity contribution in [2.75, 3.05) is 12.4 Å². The van der Waals surface area contributed by atoms with Crippen molar-refractivity contribution < 1.29 is 4.74 Å². The monoisotopic (exact) mass is 353 g/mol. The molecule has 2 aromatic carbocycles. The molecule has 0 saturated carbocycles.